The van der Waals surface area contributed by atoms with Crippen molar-refractivity contribution in [1.82, 2.24) is 0 Å². The Labute approximate surface area is 171 Å². The summed E-state index contributed by atoms with van der Waals surface area (Å²) in [5.74, 6) is -0.257. The van der Waals surface area contributed by atoms with Crippen molar-refractivity contribution in [1.29, 1.82) is 0 Å². The number of unbranched alkanes of at least 4 members (excludes halogenated alkanes) is 9. The van der Waals surface area contributed by atoms with E-state index in [1.54, 1.807) is 0 Å². The van der Waals surface area contributed by atoms with Gasteiger partial charge in [0, 0.05) is 18.5 Å². The molecule has 0 saturated carbocycles. The second kappa shape index (κ2) is 16.1. The van der Waals surface area contributed by atoms with E-state index in [0.29, 0.717) is 25.9 Å². The van der Waals surface area contributed by atoms with Crippen molar-refractivity contribution < 1.29 is 14.3 Å². The van der Waals surface area contributed by atoms with Gasteiger partial charge in [-0.2, -0.15) is 0 Å². The van der Waals surface area contributed by atoms with E-state index in [2.05, 4.69) is 12.2 Å². The number of hydrogen-bond acceptors (Lipinski definition) is 3. The van der Waals surface area contributed by atoms with Crippen LogP contribution < -0.4 is 5.32 Å². The average Bonchev–Trinajstić information content (AvgIpc) is 2.66. The van der Waals surface area contributed by atoms with Crippen LogP contribution in [-0.4, -0.2) is 18.5 Å². The van der Waals surface area contributed by atoms with E-state index in [0.717, 1.165) is 24.1 Å². The van der Waals surface area contributed by atoms with Gasteiger partial charge in [-0.15, -0.1) is 0 Å². The van der Waals surface area contributed by atoms with Crippen LogP contribution in [0.5, 0.6) is 0 Å². The van der Waals surface area contributed by atoms with E-state index in [-0.39, 0.29) is 11.9 Å². The zero-order valence-corrected chi connectivity index (χ0v) is 17.9. The molecule has 1 amide bonds. The predicted octanol–water partition coefficient (Wildman–Crippen LogP) is 6.57. The Bertz CT molecular complexity index is 557. The van der Waals surface area contributed by atoms with E-state index in [9.17, 15) is 9.59 Å². The maximum Gasteiger partial charge on any atom is 0.305 e. The van der Waals surface area contributed by atoms with Gasteiger partial charge in [0.1, 0.15) is 0 Å². The highest BCUT2D eigenvalue weighted by molar-refractivity contribution is 5.90. The Kier molecular flexibility index (Phi) is 14.0. The summed E-state index contributed by atoms with van der Waals surface area (Å²) in [6.07, 6.45) is 13.8. The quantitative estimate of drug-likeness (QED) is 0.257. The predicted molar refractivity (Wildman–Crippen MR) is 116 cm³/mol. The zero-order valence-electron chi connectivity index (χ0n) is 17.9. The number of benzene rings is 1. The summed E-state index contributed by atoms with van der Waals surface area (Å²) in [6.45, 7) is 4.74. The lowest BCUT2D eigenvalue weighted by Gasteiger charge is -2.07. The first kappa shape index (κ1) is 24.2. The Hall–Kier alpha value is -1.84. The standard InChI is InChI=1S/C24H39NO3/c1-3-4-5-6-7-8-9-10-11-12-19-28-24(27)18-14-17-23(26)25-22-16-13-15-21(2)20-22/h13,15-16,20H,3-12,14,17-19H2,1-2H3,(H,25,26). The molecule has 0 aliphatic heterocycles. The molecule has 0 atom stereocenters. The minimum atomic E-state index is -0.195. The topological polar surface area (TPSA) is 55.4 Å². The molecule has 0 bridgehead atoms. The van der Waals surface area contributed by atoms with E-state index < -0.39 is 0 Å². The van der Waals surface area contributed by atoms with Gasteiger partial charge in [0.2, 0.25) is 5.91 Å². The van der Waals surface area contributed by atoms with Crippen molar-refractivity contribution >= 4 is 17.6 Å². The lowest BCUT2D eigenvalue weighted by molar-refractivity contribution is -0.143. The molecule has 0 aliphatic carbocycles. The van der Waals surface area contributed by atoms with Crippen molar-refractivity contribution in [2.24, 2.45) is 0 Å². The average molecular weight is 390 g/mol. The minimum Gasteiger partial charge on any atom is -0.466 e. The first-order valence-corrected chi connectivity index (χ1v) is 11.1. The molecule has 4 heteroatoms. The van der Waals surface area contributed by atoms with Crippen LogP contribution in [-0.2, 0) is 14.3 Å². The van der Waals surface area contributed by atoms with Crippen LogP contribution in [0.2, 0.25) is 0 Å². The number of carbonyl (C=O) groups is 2. The van der Waals surface area contributed by atoms with Gasteiger partial charge in [-0.3, -0.25) is 9.59 Å². The van der Waals surface area contributed by atoms with E-state index in [1.807, 2.05) is 31.2 Å². The maximum atomic E-state index is 11.9. The first-order valence-electron chi connectivity index (χ1n) is 11.1. The Morgan fingerprint density at radius 1 is 0.857 bits per heavy atom. The van der Waals surface area contributed by atoms with Gasteiger partial charge in [-0.25, -0.2) is 0 Å². The summed E-state index contributed by atoms with van der Waals surface area (Å²) >= 11 is 0. The number of hydrogen-bond donors (Lipinski definition) is 1. The second-order valence-corrected chi connectivity index (χ2v) is 7.67. The van der Waals surface area contributed by atoms with Gasteiger partial charge in [-0.05, 0) is 37.5 Å². The molecule has 0 heterocycles. The Morgan fingerprint density at radius 3 is 2.14 bits per heavy atom. The molecule has 4 nitrogen and oxygen atoms in total. The molecule has 28 heavy (non-hydrogen) atoms. The highest BCUT2D eigenvalue weighted by Crippen LogP contribution is 2.12. The summed E-state index contributed by atoms with van der Waals surface area (Å²) in [6, 6.07) is 7.69. The van der Waals surface area contributed by atoms with Crippen LogP contribution in [0.15, 0.2) is 24.3 Å². The minimum absolute atomic E-state index is 0.0619. The maximum absolute atomic E-state index is 11.9. The zero-order chi connectivity index (χ0) is 20.5. The molecule has 0 aromatic heterocycles. The van der Waals surface area contributed by atoms with Gasteiger partial charge in [0.15, 0.2) is 0 Å². The third-order valence-electron chi connectivity index (χ3n) is 4.85. The van der Waals surface area contributed by atoms with Crippen molar-refractivity contribution in [2.45, 2.75) is 97.3 Å². The van der Waals surface area contributed by atoms with Gasteiger partial charge >= 0.3 is 5.97 Å². The lowest BCUT2D eigenvalue weighted by atomic mass is 10.1. The lowest BCUT2D eigenvalue weighted by Crippen LogP contribution is -2.13. The number of amides is 1. The summed E-state index contributed by atoms with van der Waals surface area (Å²) in [5, 5.41) is 2.86. The molecule has 1 N–H and O–H groups in total. The number of ether oxygens (including phenoxy) is 1. The first-order chi connectivity index (χ1) is 13.6. The molecule has 0 saturated heterocycles. The molecular weight excluding hydrogens is 350 g/mol. The molecule has 0 spiro atoms. The van der Waals surface area contributed by atoms with Crippen molar-refractivity contribution in [3.8, 4) is 0 Å². The second-order valence-electron chi connectivity index (χ2n) is 7.67. The number of anilines is 1. The molecule has 1 rings (SSSR count). The molecule has 0 fully saturated rings. The monoisotopic (exact) mass is 389 g/mol. The van der Waals surface area contributed by atoms with Crippen molar-refractivity contribution in [3.05, 3.63) is 29.8 Å². The fourth-order valence-electron chi connectivity index (χ4n) is 3.19. The van der Waals surface area contributed by atoms with E-state index >= 15 is 0 Å². The number of carbonyl (C=O) groups excluding carboxylic acids is 2. The van der Waals surface area contributed by atoms with E-state index in [1.165, 1.54) is 51.4 Å². The van der Waals surface area contributed by atoms with Crippen molar-refractivity contribution in [3.63, 3.8) is 0 Å². The fraction of sp³-hybridized carbons (Fsp3) is 0.667. The van der Waals surface area contributed by atoms with Crippen LogP contribution in [0.1, 0.15) is 96.0 Å². The van der Waals surface area contributed by atoms with E-state index in [4.69, 9.17) is 4.74 Å². The smallest absolute Gasteiger partial charge is 0.305 e. The van der Waals surface area contributed by atoms with Crippen LogP contribution in [0.4, 0.5) is 5.69 Å². The summed E-state index contributed by atoms with van der Waals surface area (Å²) in [5.41, 5.74) is 1.90. The molecule has 1 aromatic rings. The largest absolute Gasteiger partial charge is 0.466 e. The normalized spacial score (nSPS) is 10.6. The molecular formula is C24H39NO3. The molecule has 0 aliphatic rings. The summed E-state index contributed by atoms with van der Waals surface area (Å²) in [7, 11) is 0. The highest BCUT2D eigenvalue weighted by atomic mass is 16.5. The Balaban J connectivity index is 1.92. The van der Waals surface area contributed by atoms with Crippen LogP contribution in [0.3, 0.4) is 0 Å². The van der Waals surface area contributed by atoms with Gasteiger partial charge in [0.05, 0.1) is 6.61 Å². The number of aryl methyl sites for hydroxylation is 1. The fourth-order valence-corrected chi connectivity index (χ4v) is 3.19. The number of rotatable bonds is 16. The van der Waals surface area contributed by atoms with Crippen LogP contribution in [0, 0.1) is 6.92 Å². The number of esters is 1. The Morgan fingerprint density at radius 2 is 1.50 bits per heavy atom. The van der Waals surface area contributed by atoms with Crippen LogP contribution >= 0.6 is 0 Å². The molecule has 158 valence electrons. The SMILES string of the molecule is CCCCCCCCCCCCOC(=O)CCCC(=O)Nc1cccc(C)c1. The highest BCUT2D eigenvalue weighted by Gasteiger charge is 2.07. The van der Waals surface area contributed by atoms with Gasteiger partial charge < -0.3 is 10.1 Å². The molecule has 0 radical (unpaired) electrons. The van der Waals surface area contributed by atoms with Gasteiger partial charge in [0.25, 0.3) is 0 Å². The van der Waals surface area contributed by atoms with Gasteiger partial charge in [-0.1, -0.05) is 76.8 Å². The summed E-state index contributed by atoms with van der Waals surface area (Å²) in [4.78, 5) is 23.6. The third-order valence-corrected chi connectivity index (χ3v) is 4.85. The molecule has 1 aromatic carbocycles. The van der Waals surface area contributed by atoms with Crippen LogP contribution in [0.25, 0.3) is 0 Å². The summed E-state index contributed by atoms with van der Waals surface area (Å²) < 4.78 is 5.26. The molecule has 0 unspecified atom stereocenters. The van der Waals surface area contributed by atoms with Crippen molar-refractivity contribution in [2.75, 3.05) is 11.9 Å². The number of nitrogens with one attached hydrogen (secondary N) is 1. The third kappa shape index (κ3) is 13.3.